The van der Waals surface area contributed by atoms with Crippen LogP contribution in [-0.2, 0) is 20.2 Å². The molecule has 0 aliphatic carbocycles. The van der Waals surface area contributed by atoms with Crippen molar-refractivity contribution in [2.45, 2.75) is 16.7 Å². The van der Waals surface area contributed by atoms with Crippen LogP contribution in [-0.4, -0.2) is 65.6 Å². The third kappa shape index (κ3) is 12.0. The largest absolute Gasteiger partial charge is 0.490 e. The Bertz CT molecular complexity index is 3280. The first-order valence-electron chi connectivity index (χ1n) is 21.1. The molecule has 7 rings (SSSR count). The minimum Gasteiger partial charge on any atom is -0.490 e. The van der Waals surface area contributed by atoms with E-state index in [1.807, 2.05) is 0 Å². The lowest BCUT2D eigenvalue weighted by atomic mass is 9.93. The third-order valence-electron chi connectivity index (χ3n) is 10.6. The smallest absolute Gasteiger partial charge is 0.300 e. The molecule has 0 spiro atoms. The average molecular weight is 1100 g/mol. The van der Waals surface area contributed by atoms with E-state index in [4.69, 9.17) is 37.5 Å². The Kier molecular flexibility index (Phi) is 16.5. The Morgan fingerprint density at radius 2 is 0.533 bits per heavy atom. The Hall–Kier alpha value is -7.68. The molecule has 0 atom stereocenters. The number of rotatable bonds is 20. The highest BCUT2D eigenvalue weighted by molar-refractivity contribution is 7.86. The van der Waals surface area contributed by atoms with E-state index in [2.05, 4.69) is 0 Å². The monoisotopic (exact) mass is 1100 g/mol. The van der Waals surface area contributed by atoms with Crippen LogP contribution in [0.1, 0.15) is 5.56 Å². The van der Waals surface area contributed by atoms with Crippen LogP contribution in [0.4, 0.5) is 52.7 Å². The van der Waals surface area contributed by atoms with E-state index in [-0.39, 0.29) is 23.9 Å². The van der Waals surface area contributed by atoms with Gasteiger partial charge in [0.15, 0.2) is 61.9 Å². The van der Waals surface area contributed by atoms with Crippen LogP contribution in [0, 0.1) is 76.7 Å². The molecule has 396 valence electrons. The summed E-state index contributed by atoms with van der Waals surface area (Å²) in [6, 6.07) is 24.3. The molecule has 0 saturated heterocycles. The molecule has 0 saturated carbocycles. The standard InChI is InChI=1S/C49H32F12O12S2/c1-23-33(50)35(52)45(36(53)34(23)51)71-17-14-68-30-8-2-24(3-9-30)27-20-28(25-4-10-31(11-5-25)69-15-18-72-46-37(54)41(58)48(74(62,63)64)42(59)38(46)55)22-29(21-27)26-6-12-32(13-7-26)70-16-19-73-47-39(56)43(60)49(75(65,66)67)44(61)40(47)57/h2-13,20-22H,14-19H2,1H3,(H,62,63,64)(H,65,66,67). The topological polar surface area (TPSA) is 164 Å². The van der Waals surface area contributed by atoms with Crippen molar-refractivity contribution in [3.63, 3.8) is 0 Å². The number of ether oxygens (including phenoxy) is 6. The summed E-state index contributed by atoms with van der Waals surface area (Å²) in [4.78, 5) is -4.47. The highest BCUT2D eigenvalue weighted by atomic mass is 32.2. The summed E-state index contributed by atoms with van der Waals surface area (Å²) in [5, 5.41) is 0. The molecular weight excluding hydrogens is 1070 g/mol. The van der Waals surface area contributed by atoms with Gasteiger partial charge in [0, 0.05) is 5.56 Å². The summed E-state index contributed by atoms with van der Waals surface area (Å²) in [5.41, 5.74) is 2.79. The van der Waals surface area contributed by atoms with Crippen LogP contribution < -0.4 is 28.4 Å². The number of halogens is 12. The summed E-state index contributed by atoms with van der Waals surface area (Å²) >= 11 is 0. The Morgan fingerprint density at radius 1 is 0.320 bits per heavy atom. The Labute approximate surface area is 416 Å². The van der Waals surface area contributed by atoms with Crippen LogP contribution in [0.2, 0.25) is 0 Å². The van der Waals surface area contributed by atoms with Gasteiger partial charge in [-0.1, -0.05) is 36.4 Å². The third-order valence-corrected chi connectivity index (χ3v) is 12.4. The second-order valence-corrected chi connectivity index (χ2v) is 18.2. The van der Waals surface area contributed by atoms with E-state index in [9.17, 15) is 69.5 Å². The molecule has 12 nitrogen and oxygen atoms in total. The second-order valence-electron chi connectivity index (χ2n) is 15.5. The maximum Gasteiger partial charge on any atom is 0.300 e. The molecular formula is C49H32F12O12S2. The fourth-order valence-corrected chi connectivity index (χ4v) is 8.27. The van der Waals surface area contributed by atoms with Gasteiger partial charge in [0.25, 0.3) is 0 Å². The van der Waals surface area contributed by atoms with Crippen LogP contribution >= 0.6 is 0 Å². The lowest BCUT2D eigenvalue weighted by molar-refractivity contribution is 0.199. The van der Waals surface area contributed by atoms with Crippen LogP contribution in [0.3, 0.4) is 0 Å². The molecule has 0 amide bonds. The molecule has 2 N–H and O–H groups in total. The normalized spacial score (nSPS) is 11.7. The maximum atomic E-state index is 14.4. The maximum absolute atomic E-state index is 14.4. The molecule has 0 fully saturated rings. The SMILES string of the molecule is Cc1c(F)c(F)c(OCCOc2ccc(-c3cc(-c4ccc(OCCOc5c(F)c(F)c(S(=O)(=O)O)c(F)c5F)cc4)cc(-c4ccc(OCCOc5c(F)c(F)c(S(=O)(=O)O)c(F)c5F)cc4)c3)cc2)c(F)c1F. The van der Waals surface area contributed by atoms with E-state index in [0.29, 0.717) is 33.4 Å². The Balaban J connectivity index is 1.06. The predicted octanol–water partition coefficient (Wildman–Crippen LogP) is 11.5. The van der Waals surface area contributed by atoms with Crippen molar-refractivity contribution >= 4 is 20.2 Å². The molecule has 26 heteroatoms. The van der Waals surface area contributed by atoms with E-state index >= 15 is 0 Å². The van der Waals surface area contributed by atoms with Gasteiger partial charge < -0.3 is 28.4 Å². The first-order valence-corrected chi connectivity index (χ1v) is 24.0. The van der Waals surface area contributed by atoms with Gasteiger partial charge in [0.1, 0.15) is 56.9 Å². The fraction of sp³-hybridized carbons (Fsp3) is 0.143. The summed E-state index contributed by atoms with van der Waals surface area (Å²) in [6.45, 7) is -2.24. The molecule has 75 heavy (non-hydrogen) atoms. The number of hydrogen-bond acceptors (Lipinski definition) is 10. The number of benzene rings is 7. The van der Waals surface area contributed by atoms with E-state index in [1.165, 1.54) is 24.3 Å². The highest BCUT2D eigenvalue weighted by Crippen LogP contribution is 2.37. The van der Waals surface area contributed by atoms with Gasteiger partial charge in [-0.15, -0.1) is 0 Å². The van der Waals surface area contributed by atoms with E-state index in [0.717, 1.165) is 6.92 Å². The van der Waals surface area contributed by atoms with Crippen LogP contribution in [0.5, 0.6) is 34.5 Å². The first-order chi connectivity index (χ1) is 35.4. The Morgan fingerprint density at radius 3 is 0.760 bits per heavy atom. The van der Waals surface area contributed by atoms with Crippen LogP contribution in [0.15, 0.2) is 101 Å². The minimum absolute atomic E-state index is 0.179. The predicted molar refractivity (Wildman–Crippen MR) is 239 cm³/mol. The molecule has 0 aliphatic rings. The van der Waals surface area contributed by atoms with E-state index < -0.39 is 156 Å². The van der Waals surface area contributed by atoms with Gasteiger partial charge in [-0.05, 0) is 94.9 Å². The summed E-state index contributed by atoms with van der Waals surface area (Å²) < 4.78 is 265. The molecule has 0 unspecified atom stereocenters. The minimum atomic E-state index is -5.69. The lowest BCUT2D eigenvalue weighted by Crippen LogP contribution is -2.15. The van der Waals surface area contributed by atoms with Gasteiger partial charge >= 0.3 is 20.2 Å². The zero-order chi connectivity index (χ0) is 54.7. The summed E-state index contributed by atoms with van der Waals surface area (Å²) in [6.07, 6.45) is 0. The average Bonchev–Trinajstić information content (AvgIpc) is 3.37. The van der Waals surface area contributed by atoms with Crippen molar-refractivity contribution < 1.29 is 107 Å². The van der Waals surface area contributed by atoms with Crippen molar-refractivity contribution in [1.29, 1.82) is 0 Å². The van der Waals surface area contributed by atoms with Crippen molar-refractivity contribution in [3.05, 3.63) is 166 Å². The van der Waals surface area contributed by atoms with Crippen molar-refractivity contribution in [3.8, 4) is 67.9 Å². The van der Waals surface area contributed by atoms with Crippen molar-refractivity contribution in [1.82, 2.24) is 0 Å². The first kappa shape index (κ1) is 55.1. The molecule has 0 bridgehead atoms. The number of hydrogen-bond donors (Lipinski definition) is 2. The molecule has 7 aromatic rings. The second kappa shape index (κ2) is 22.4. The summed E-state index contributed by atoms with van der Waals surface area (Å²) in [5.74, 6) is -29.0. The zero-order valence-corrected chi connectivity index (χ0v) is 39.4. The summed E-state index contributed by atoms with van der Waals surface area (Å²) in [7, 11) is -11.4. The van der Waals surface area contributed by atoms with Gasteiger partial charge in [0.05, 0.1) is 0 Å². The van der Waals surface area contributed by atoms with Gasteiger partial charge in [0.2, 0.25) is 34.9 Å². The fourth-order valence-electron chi connectivity index (χ4n) is 7.01. The molecule has 0 radical (unpaired) electrons. The van der Waals surface area contributed by atoms with E-state index in [1.54, 1.807) is 66.7 Å². The van der Waals surface area contributed by atoms with Gasteiger partial charge in [-0.25, -0.2) is 26.3 Å². The van der Waals surface area contributed by atoms with Gasteiger partial charge in [-0.3, -0.25) is 9.11 Å². The quantitative estimate of drug-likeness (QED) is 0.0322. The highest BCUT2D eigenvalue weighted by Gasteiger charge is 2.35. The lowest BCUT2D eigenvalue weighted by Gasteiger charge is -2.14. The molecule has 0 aliphatic heterocycles. The van der Waals surface area contributed by atoms with Crippen molar-refractivity contribution in [2.24, 2.45) is 0 Å². The zero-order valence-electron chi connectivity index (χ0n) is 37.7. The molecule has 0 heterocycles. The van der Waals surface area contributed by atoms with Crippen LogP contribution in [0.25, 0.3) is 33.4 Å². The van der Waals surface area contributed by atoms with Crippen molar-refractivity contribution in [2.75, 3.05) is 39.6 Å². The molecule has 0 aromatic heterocycles. The molecule has 7 aromatic carbocycles. The van der Waals surface area contributed by atoms with Gasteiger partial charge in [-0.2, -0.15) is 43.2 Å².